The molecule has 136 valence electrons. The zero-order chi connectivity index (χ0) is 18.7. The molecule has 0 radical (unpaired) electrons. The lowest BCUT2D eigenvalue weighted by atomic mass is 10.2. The highest BCUT2D eigenvalue weighted by molar-refractivity contribution is 7.22. The lowest BCUT2D eigenvalue weighted by molar-refractivity contribution is -0.383. The number of aliphatic hydroxyl groups is 1. The average molecular weight is 374 g/mol. The number of para-hydroxylation sites is 1. The molecular weight excluding hydrogens is 356 g/mol. The number of rotatable bonds is 7. The predicted octanol–water partition coefficient (Wildman–Crippen LogP) is 2.87. The molecule has 2 heterocycles. The number of aryl methyl sites for hydroxylation is 1. The van der Waals surface area contributed by atoms with E-state index in [1.165, 1.54) is 17.7 Å². The number of fused-ring (bicyclic) bond motifs is 1. The van der Waals surface area contributed by atoms with Gasteiger partial charge in [0.15, 0.2) is 5.13 Å². The highest BCUT2D eigenvalue weighted by atomic mass is 32.1. The van der Waals surface area contributed by atoms with Crippen molar-refractivity contribution in [1.29, 1.82) is 0 Å². The van der Waals surface area contributed by atoms with Crippen LogP contribution in [0.4, 0.5) is 22.5 Å². The SMILES string of the molecule is CCN(CCO)c1ncnc(Nc2nc3c(C)cccc3s2)c1[N+](=O)[O-]. The third-order valence-corrected chi connectivity index (χ3v) is 4.82. The first-order valence-corrected chi connectivity index (χ1v) is 8.85. The molecule has 0 aliphatic rings. The molecular formula is C16H18N6O3S. The van der Waals surface area contributed by atoms with Crippen LogP contribution in [0.3, 0.4) is 0 Å². The fraction of sp³-hybridized carbons (Fsp3) is 0.312. The van der Waals surface area contributed by atoms with Gasteiger partial charge in [0.25, 0.3) is 0 Å². The molecule has 1 aromatic carbocycles. The van der Waals surface area contributed by atoms with Gasteiger partial charge in [0.1, 0.15) is 6.33 Å². The van der Waals surface area contributed by atoms with Gasteiger partial charge in [0.05, 0.1) is 21.7 Å². The Morgan fingerprint density at radius 1 is 1.38 bits per heavy atom. The second kappa shape index (κ2) is 7.58. The summed E-state index contributed by atoms with van der Waals surface area (Å²) >= 11 is 1.40. The molecule has 0 bridgehead atoms. The topological polar surface area (TPSA) is 117 Å². The van der Waals surface area contributed by atoms with E-state index in [4.69, 9.17) is 0 Å². The minimum atomic E-state index is -0.518. The number of hydrogen-bond donors (Lipinski definition) is 2. The van der Waals surface area contributed by atoms with Crippen LogP contribution in [0.25, 0.3) is 10.2 Å². The first kappa shape index (κ1) is 18.0. The van der Waals surface area contributed by atoms with E-state index in [0.29, 0.717) is 11.7 Å². The second-order valence-electron chi connectivity index (χ2n) is 5.52. The molecule has 0 aliphatic heterocycles. The fourth-order valence-corrected chi connectivity index (χ4v) is 3.58. The van der Waals surface area contributed by atoms with Crippen molar-refractivity contribution in [3.05, 3.63) is 40.2 Å². The Bertz CT molecular complexity index is 945. The fourth-order valence-electron chi connectivity index (χ4n) is 2.64. The van der Waals surface area contributed by atoms with E-state index in [1.54, 1.807) is 4.90 Å². The number of benzene rings is 1. The molecule has 2 N–H and O–H groups in total. The second-order valence-corrected chi connectivity index (χ2v) is 6.55. The maximum absolute atomic E-state index is 11.7. The van der Waals surface area contributed by atoms with Crippen molar-refractivity contribution in [3.63, 3.8) is 0 Å². The molecule has 3 rings (SSSR count). The lowest BCUT2D eigenvalue weighted by Gasteiger charge is -2.20. The molecule has 0 atom stereocenters. The maximum Gasteiger partial charge on any atom is 0.353 e. The smallest absolute Gasteiger partial charge is 0.353 e. The molecule has 26 heavy (non-hydrogen) atoms. The van der Waals surface area contributed by atoms with E-state index >= 15 is 0 Å². The standard InChI is InChI=1S/C16H18N6O3S/c1-3-21(7-8-23)15-13(22(24)25)14(17-9-18-15)20-16-19-12-10(2)5-4-6-11(12)26-16/h4-6,9,23H,3,7-8H2,1-2H3,(H,17,18,19,20). The summed E-state index contributed by atoms with van der Waals surface area (Å²) in [5, 5.41) is 24.3. The summed E-state index contributed by atoms with van der Waals surface area (Å²) in [6.07, 6.45) is 1.27. The van der Waals surface area contributed by atoms with E-state index in [2.05, 4.69) is 20.3 Å². The summed E-state index contributed by atoms with van der Waals surface area (Å²) < 4.78 is 0.986. The van der Waals surface area contributed by atoms with E-state index in [1.807, 2.05) is 32.0 Å². The van der Waals surface area contributed by atoms with E-state index in [0.717, 1.165) is 15.8 Å². The molecule has 0 saturated carbocycles. The summed E-state index contributed by atoms with van der Waals surface area (Å²) in [6.45, 7) is 4.39. The molecule has 10 heteroatoms. The van der Waals surface area contributed by atoms with Crippen LogP contribution < -0.4 is 10.2 Å². The third-order valence-electron chi connectivity index (χ3n) is 3.88. The van der Waals surface area contributed by atoms with Crippen molar-refractivity contribution in [2.24, 2.45) is 0 Å². The zero-order valence-electron chi connectivity index (χ0n) is 14.3. The van der Waals surface area contributed by atoms with Crippen molar-refractivity contribution in [2.75, 3.05) is 29.9 Å². The van der Waals surface area contributed by atoms with Gasteiger partial charge < -0.3 is 15.3 Å². The average Bonchev–Trinajstić information content (AvgIpc) is 3.03. The predicted molar refractivity (Wildman–Crippen MR) is 101 cm³/mol. The van der Waals surface area contributed by atoms with Crippen molar-refractivity contribution in [1.82, 2.24) is 15.0 Å². The molecule has 0 aliphatic carbocycles. The largest absolute Gasteiger partial charge is 0.395 e. The Kier molecular flexibility index (Phi) is 5.24. The number of anilines is 3. The Morgan fingerprint density at radius 2 is 2.19 bits per heavy atom. The lowest BCUT2D eigenvalue weighted by Crippen LogP contribution is -2.28. The van der Waals surface area contributed by atoms with Crippen LogP contribution in [-0.2, 0) is 0 Å². The Labute approximate surface area is 153 Å². The number of nitrogens with zero attached hydrogens (tertiary/aromatic N) is 5. The summed E-state index contributed by atoms with van der Waals surface area (Å²) in [6, 6.07) is 5.86. The van der Waals surface area contributed by atoms with Gasteiger partial charge in [-0.3, -0.25) is 10.1 Å². The number of thiazole rings is 1. The Morgan fingerprint density at radius 3 is 2.85 bits per heavy atom. The van der Waals surface area contributed by atoms with Crippen LogP contribution in [-0.4, -0.2) is 44.7 Å². The molecule has 0 unspecified atom stereocenters. The van der Waals surface area contributed by atoms with Crippen LogP contribution in [0.1, 0.15) is 12.5 Å². The number of likely N-dealkylation sites (N-methyl/N-ethyl adjacent to an activating group) is 1. The third kappa shape index (κ3) is 3.41. The zero-order valence-corrected chi connectivity index (χ0v) is 15.2. The minimum absolute atomic E-state index is 0.0769. The van der Waals surface area contributed by atoms with Gasteiger partial charge in [-0.25, -0.2) is 15.0 Å². The van der Waals surface area contributed by atoms with Crippen LogP contribution in [0.5, 0.6) is 0 Å². The number of nitrogens with one attached hydrogen (secondary N) is 1. The maximum atomic E-state index is 11.7. The molecule has 0 fully saturated rings. The van der Waals surface area contributed by atoms with Gasteiger partial charge in [-0.15, -0.1) is 0 Å². The van der Waals surface area contributed by atoms with E-state index in [9.17, 15) is 15.2 Å². The molecule has 2 aromatic heterocycles. The van der Waals surface area contributed by atoms with Crippen LogP contribution in [0.2, 0.25) is 0 Å². The molecule has 0 saturated heterocycles. The number of nitro groups is 1. The normalized spacial score (nSPS) is 10.9. The van der Waals surface area contributed by atoms with Gasteiger partial charge >= 0.3 is 5.69 Å². The number of hydrogen-bond acceptors (Lipinski definition) is 9. The molecule has 3 aromatic rings. The summed E-state index contributed by atoms with van der Waals surface area (Å²) in [4.78, 5) is 25.4. The van der Waals surface area contributed by atoms with Gasteiger partial charge in [-0.05, 0) is 25.5 Å². The van der Waals surface area contributed by atoms with Crippen LogP contribution >= 0.6 is 11.3 Å². The van der Waals surface area contributed by atoms with E-state index in [-0.39, 0.29) is 30.5 Å². The van der Waals surface area contributed by atoms with E-state index < -0.39 is 4.92 Å². The first-order valence-electron chi connectivity index (χ1n) is 8.03. The minimum Gasteiger partial charge on any atom is -0.395 e. The summed E-state index contributed by atoms with van der Waals surface area (Å²) in [5.74, 6) is 0.245. The molecule has 9 nitrogen and oxygen atoms in total. The Balaban J connectivity index is 2.03. The van der Waals surface area contributed by atoms with Crippen molar-refractivity contribution >= 4 is 44.0 Å². The van der Waals surface area contributed by atoms with Gasteiger partial charge in [0.2, 0.25) is 11.6 Å². The summed E-state index contributed by atoms with van der Waals surface area (Å²) in [7, 11) is 0. The van der Waals surface area contributed by atoms with Gasteiger partial charge in [-0.1, -0.05) is 23.5 Å². The van der Waals surface area contributed by atoms with Gasteiger partial charge in [-0.2, -0.15) is 0 Å². The molecule has 0 spiro atoms. The number of aliphatic hydroxyl groups excluding tert-OH is 1. The number of aromatic nitrogens is 3. The first-order chi connectivity index (χ1) is 12.5. The Hall–Kier alpha value is -2.85. The van der Waals surface area contributed by atoms with Crippen molar-refractivity contribution in [3.8, 4) is 0 Å². The monoisotopic (exact) mass is 374 g/mol. The quantitative estimate of drug-likeness (QED) is 0.479. The highest BCUT2D eigenvalue weighted by Crippen LogP contribution is 2.36. The van der Waals surface area contributed by atoms with Crippen molar-refractivity contribution in [2.45, 2.75) is 13.8 Å². The summed E-state index contributed by atoms with van der Waals surface area (Å²) in [5.41, 5.74) is 1.65. The van der Waals surface area contributed by atoms with Crippen molar-refractivity contribution < 1.29 is 10.0 Å². The van der Waals surface area contributed by atoms with Crippen LogP contribution in [0.15, 0.2) is 24.5 Å². The molecule has 0 amide bonds. The van der Waals surface area contributed by atoms with Crippen LogP contribution in [0, 0.1) is 17.0 Å². The highest BCUT2D eigenvalue weighted by Gasteiger charge is 2.27. The van der Waals surface area contributed by atoms with Gasteiger partial charge in [0, 0.05) is 13.1 Å².